The second kappa shape index (κ2) is 5.34. The lowest BCUT2D eigenvalue weighted by Crippen LogP contribution is -2.61. The van der Waals surface area contributed by atoms with Crippen LogP contribution in [0.2, 0.25) is 0 Å². The molecular formula is C22H28O4. The third kappa shape index (κ3) is 2.02. The van der Waals surface area contributed by atoms with E-state index in [9.17, 15) is 14.7 Å². The summed E-state index contributed by atoms with van der Waals surface area (Å²) in [4.78, 5) is 23.8. The maximum absolute atomic E-state index is 12.2. The van der Waals surface area contributed by atoms with Gasteiger partial charge in [-0.1, -0.05) is 34.1 Å². The SMILES string of the molecule is CC1CCC2C(C)(C)CCCC2(C)C12C=C1C=C(O)C(=O)C(C=O)=C1O2. The molecule has 1 heterocycles. The van der Waals surface area contributed by atoms with E-state index in [1.165, 1.54) is 18.9 Å². The fourth-order valence-electron chi connectivity index (χ4n) is 6.45. The van der Waals surface area contributed by atoms with E-state index in [2.05, 4.69) is 33.8 Å². The van der Waals surface area contributed by atoms with Crippen molar-refractivity contribution in [1.82, 2.24) is 0 Å². The van der Waals surface area contributed by atoms with E-state index in [1.807, 2.05) is 0 Å². The molecule has 0 aromatic heterocycles. The largest absolute Gasteiger partial charge is 0.504 e. The van der Waals surface area contributed by atoms with E-state index in [0.717, 1.165) is 19.3 Å². The molecule has 4 atom stereocenters. The first-order chi connectivity index (χ1) is 12.2. The normalized spacial score (nSPS) is 41.2. The van der Waals surface area contributed by atoms with Gasteiger partial charge in [-0.15, -0.1) is 0 Å². The van der Waals surface area contributed by atoms with Crippen LogP contribution in [0.25, 0.3) is 0 Å². The van der Waals surface area contributed by atoms with Crippen LogP contribution in [-0.4, -0.2) is 22.8 Å². The number of hydrogen-bond donors (Lipinski definition) is 1. The molecule has 4 rings (SSSR count). The van der Waals surface area contributed by atoms with Crippen molar-refractivity contribution in [2.45, 2.75) is 65.4 Å². The number of aldehydes is 1. The Balaban J connectivity index is 1.89. The highest BCUT2D eigenvalue weighted by atomic mass is 16.5. The molecule has 0 radical (unpaired) electrons. The number of aliphatic hydroxyl groups excluding tert-OH is 1. The second-order valence-electron chi connectivity index (χ2n) is 9.50. The number of rotatable bonds is 1. The number of aliphatic hydroxyl groups is 1. The van der Waals surface area contributed by atoms with E-state index in [1.54, 1.807) is 0 Å². The Morgan fingerprint density at radius 3 is 2.65 bits per heavy atom. The highest BCUT2D eigenvalue weighted by molar-refractivity contribution is 6.21. The minimum Gasteiger partial charge on any atom is -0.504 e. The molecule has 1 N–H and O–H groups in total. The number of ether oxygens (including phenoxy) is 1. The van der Waals surface area contributed by atoms with E-state index in [4.69, 9.17) is 4.74 Å². The van der Waals surface area contributed by atoms with Crippen LogP contribution in [-0.2, 0) is 14.3 Å². The summed E-state index contributed by atoms with van der Waals surface area (Å²) in [6.07, 6.45) is 9.77. The molecular weight excluding hydrogens is 328 g/mol. The molecule has 3 aliphatic carbocycles. The molecule has 2 saturated carbocycles. The number of fused-ring (bicyclic) bond motifs is 3. The third-order valence-electron chi connectivity index (χ3n) is 7.78. The molecule has 2 fully saturated rings. The number of carbonyl (C=O) groups excluding carboxylic acids is 2. The maximum atomic E-state index is 12.2. The van der Waals surface area contributed by atoms with Crippen molar-refractivity contribution in [3.05, 3.63) is 34.8 Å². The standard InChI is InChI=1S/C22H28O4/c1-13-6-7-17-20(2,3)8-5-9-21(17,4)22(13)11-14-10-16(24)18(25)15(12-23)19(14)26-22/h10-13,17,24H,5-9H2,1-4H3. The summed E-state index contributed by atoms with van der Waals surface area (Å²) in [7, 11) is 0. The van der Waals surface area contributed by atoms with Crippen molar-refractivity contribution in [2.24, 2.45) is 22.7 Å². The third-order valence-corrected chi connectivity index (χ3v) is 7.78. The van der Waals surface area contributed by atoms with Gasteiger partial charge in [-0.2, -0.15) is 0 Å². The van der Waals surface area contributed by atoms with Crippen LogP contribution in [0, 0.1) is 22.7 Å². The molecule has 1 aliphatic heterocycles. The van der Waals surface area contributed by atoms with Gasteiger partial charge in [0.05, 0.1) is 0 Å². The predicted octanol–water partition coefficient (Wildman–Crippen LogP) is 4.42. The van der Waals surface area contributed by atoms with Gasteiger partial charge in [0.2, 0.25) is 5.78 Å². The summed E-state index contributed by atoms with van der Waals surface area (Å²) >= 11 is 0. The average Bonchev–Trinajstić information content (AvgIpc) is 2.94. The summed E-state index contributed by atoms with van der Waals surface area (Å²) in [6.45, 7) is 9.26. The molecule has 140 valence electrons. The average molecular weight is 356 g/mol. The number of Topliss-reactive ketones (excluding diaryl/α,β-unsaturated/α-hetero) is 1. The summed E-state index contributed by atoms with van der Waals surface area (Å²) < 4.78 is 6.57. The van der Waals surface area contributed by atoms with Crippen LogP contribution in [0.4, 0.5) is 0 Å². The lowest BCUT2D eigenvalue weighted by molar-refractivity contribution is -0.184. The van der Waals surface area contributed by atoms with E-state index >= 15 is 0 Å². The smallest absolute Gasteiger partial charge is 0.234 e. The van der Waals surface area contributed by atoms with Crippen molar-refractivity contribution < 1.29 is 19.4 Å². The van der Waals surface area contributed by atoms with Gasteiger partial charge < -0.3 is 9.84 Å². The van der Waals surface area contributed by atoms with Gasteiger partial charge in [0.15, 0.2) is 12.0 Å². The molecule has 4 unspecified atom stereocenters. The molecule has 0 aromatic carbocycles. The Kier molecular flexibility index (Phi) is 3.61. The lowest BCUT2D eigenvalue weighted by atomic mass is 9.45. The Morgan fingerprint density at radius 1 is 1.23 bits per heavy atom. The van der Waals surface area contributed by atoms with Crippen LogP contribution < -0.4 is 0 Å². The summed E-state index contributed by atoms with van der Waals surface area (Å²) in [5.41, 5.74) is 0.270. The first-order valence-electron chi connectivity index (χ1n) is 9.73. The van der Waals surface area contributed by atoms with Gasteiger partial charge in [0.25, 0.3) is 0 Å². The zero-order chi connectivity index (χ0) is 18.9. The Hall–Kier alpha value is -1.84. The summed E-state index contributed by atoms with van der Waals surface area (Å²) in [5, 5.41) is 9.98. The van der Waals surface area contributed by atoms with Crippen molar-refractivity contribution >= 4 is 12.1 Å². The van der Waals surface area contributed by atoms with Gasteiger partial charge in [0, 0.05) is 16.9 Å². The minimum absolute atomic E-state index is 0.0545. The van der Waals surface area contributed by atoms with Gasteiger partial charge in [-0.25, -0.2) is 0 Å². The highest BCUT2D eigenvalue weighted by Crippen LogP contribution is 2.66. The molecule has 0 bridgehead atoms. The minimum atomic E-state index is -0.640. The summed E-state index contributed by atoms with van der Waals surface area (Å²) in [6, 6.07) is 0. The molecule has 4 heteroatoms. The molecule has 4 nitrogen and oxygen atoms in total. The molecule has 0 aromatic rings. The summed E-state index contributed by atoms with van der Waals surface area (Å²) in [5.74, 6) is 0.141. The maximum Gasteiger partial charge on any atom is 0.234 e. The Labute approximate surface area is 155 Å². The van der Waals surface area contributed by atoms with Gasteiger partial charge in [-0.05, 0) is 49.2 Å². The zero-order valence-corrected chi connectivity index (χ0v) is 16.1. The first kappa shape index (κ1) is 17.6. The van der Waals surface area contributed by atoms with Gasteiger partial charge in [0.1, 0.15) is 16.9 Å². The van der Waals surface area contributed by atoms with E-state index < -0.39 is 11.4 Å². The topological polar surface area (TPSA) is 63.6 Å². The highest BCUT2D eigenvalue weighted by Gasteiger charge is 2.64. The number of hydrogen-bond acceptors (Lipinski definition) is 4. The predicted molar refractivity (Wildman–Crippen MR) is 98.3 cm³/mol. The lowest BCUT2D eigenvalue weighted by Gasteiger charge is -2.62. The fraction of sp³-hybridized carbons (Fsp3) is 0.636. The Bertz CT molecular complexity index is 784. The van der Waals surface area contributed by atoms with E-state index in [0.29, 0.717) is 23.5 Å². The molecule has 0 saturated heterocycles. The van der Waals surface area contributed by atoms with Crippen LogP contribution in [0.15, 0.2) is 34.8 Å². The van der Waals surface area contributed by atoms with Crippen molar-refractivity contribution in [1.29, 1.82) is 0 Å². The zero-order valence-electron chi connectivity index (χ0n) is 16.1. The monoisotopic (exact) mass is 356 g/mol. The quantitative estimate of drug-likeness (QED) is 0.558. The van der Waals surface area contributed by atoms with Crippen molar-refractivity contribution in [3.8, 4) is 0 Å². The molecule has 4 aliphatic rings. The number of allylic oxidation sites excluding steroid dienone is 2. The van der Waals surface area contributed by atoms with Crippen molar-refractivity contribution in [2.75, 3.05) is 0 Å². The second-order valence-corrected chi connectivity index (χ2v) is 9.50. The number of carbonyl (C=O) groups is 2. The first-order valence-corrected chi connectivity index (χ1v) is 9.73. The fourth-order valence-corrected chi connectivity index (χ4v) is 6.45. The van der Waals surface area contributed by atoms with Gasteiger partial charge >= 0.3 is 0 Å². The number of ketones is 1. The molecule has 26 heavy (non-hydrogen) atoms. The van der Waals surface area contributed by atoms with E-state index in [-0.39, 0.29) is 28.1 Å². The van der Waals surface area contributed by atoms with Gasteiger partial charge in [-0.3, -0.25) is 9.59 Å². The van der Waals surface area contributed by atoms with Crippen LogP contribution in [0.5, 0.6) is 0 Å². The molecule has 0 amide bonds. The van der Waals surface area contributed by atoms with Crippen LogP contribution in [0.1, 0.15) is 59.8 Å². The van der Waals surface area contributed by atoms with Crippen LogP contribution >= 0.6 is 0 Å². The molecule has 1 spiro atoms. The van der Waals surface area contributed by atoms with Crippen LogP contribution in [0.3, 0.4) is 0 Å². The van der Waals surface area contributed by atoms with Crippen molar-refractivity contribution in [3.63, 3.8) is 0 Å². The Morgan fingerprint density at radius 2 is 1.96 bits per heavy atom.